The average Bonchev–Trinajstić information content (AvgIpc) is 2.57. The van der Waals surface area contributed by atoms with Gasteiger partial charge in [-0.05, 0) is 18.4 Å². The van der Waals surface area contributed by atoms with Gasteiger partial charge in [-0.3, -0.25) is 0 Å². The van der Waals surface area contributed by atoms with Crippen molar-refractivity contribution in [2.24, 2.45) is 5.41 Å². The van der Waals surface area contributed by atoms with Crippen molar-refractivity contribution in [3.8, 4) is 0 Å². The van der Waals surface area contributed by atoms with Crippen molar-refractivity contribution in [3.63, 3.8) is 0 Å². The van der Waals surface area contributed by atoms with Crippen LogP contribution in [0.25, 0.3) is 0 Å². The molecule has 0 amide bonds. The number of methoxy groups -OCH3 is 2. The maximum atomic E-state index is 9.79. The van der Waals surface area contributed by atoms with E-state index in [4.69, 9.17) is 14.2 Å². The molecule has 0 radical (unpaired) electrons. The number of aliphatic hydroxyl groups is 1. The second-order valence-corrected chi connectivity index (χ2v) is 5.96. The molecule has 0 saturated heterocycles. The lowest BCUT2D eigenvalue weighted by Gasteiger charge is -2.43. The summed E-state index contributed by atoms with van der Waals surface area (Å²) in [6.07, 6.45) is 3.27. The zero-order chi connectivity index (χ0) is 15.2. The zero-order valence-corrected chi connectivity index (χ0v) is 13.0. The standard InChI is InChI=1S/C17H26O4/c1-19-17(20-2)10-8-16(13-18,9-11-17)14-21-12-15-6-4-3-5-7-15/h3-7,18H,8-14H2,1-2H3. The van der Waals surface area contributed by atoms with E-state index in [0.29, 0.717) is 13.2 Å². The topological polar surface area (TPSA) is 47.9 Å². The number of ether oxygens (including phenoxy) is 3. The fourth-order valence-electron chi connectivity index (χ4n) is 2.96. The monoisotopic (exact) mass is 294 g/mol. The molecule has 4 heteroatoms. The molecule has 0 heterocycles. The Bertz CT molecular complexity index is 404. The Hall–Kier alpha value is -0.940. The zero-order valence-electron chi connectivity index (χ0n) is 13.0. The highest BCUT2D eigenvalue weighted by Gasteiger charge is 2.43. The van der Waals surface area contributed by atoms with Gasteiger partial charge in [-0.25, -0.2) is 0 Å². The Morgan fingerprint density at radius 1 is 1.00 bits per heavy atom. The van der Waals surface area contributed by atoms with E-state index in [2.05, 4.69) is 0 Å². The van der Waals surface area contributed by atoms with E-state index in [0.717, 1.165) is 31.2 Å². The van der Waals surface area contributed by atoms with E-state index >= 15 is 0 Å². The summed E-state index contributed by atoms with van der Waals surface area (Å²) < 4.78 is 16.8. The number of hydrogen-bond donors (Lipinski definition) is 1. The SMILES string of the molecule is COC1(OC)CCC(CO)(COCc2ccccc2)CC1. The molecule has 1 aromatic carbocycles. The fourth-order valence-corrected chi connectivity index (χ4v) is 2.96. The first-order chi connectivity index (χ1) is 10.2. The lowest BCUT2D eigenvalue weighted by atomic mass is 9.73. The van der Waals surface area contributed by atoms with Crippen LogP contribution in [0.2, 0.25) is 0 Å². The van der Waals surface area contributed by atoms with Gasteiger partial charge in [0.05, 0.1) is 19.8 Å². The predicted molar refractivity (Wildman–Crippen MR) is 80.8 cm³/mol. The molecule has 0 atom stereocenters. The molecule has 4 nitrogen and oxygen atoms in total. The minimum atomic E-state index is -0.488. The van der Waals surface area contributed by atoms with Crippen LogP contribution in [0.4, 0.5) is 0 Å². The normalized spacial score (nSPS) is 20.3. The van der Waals surface area contributed by atoms with Crippen LogP contribution in [0.3, 0.4) is 0 Å². The number of benzene rings is 1. The average molecular weight is 294 g/mol. The molecule has 2 rings (SSSR count). The molecule has 0 spiro atoms. The fraction of sp³-hybridized carbons (Fsp3) is 0.647. The van der Waals surface area contributed by atoms with Crippen molar-refractivity contribution in [1.29, 1.82) is 0 Å². The molecule has 1 saturated carbocycles. The van der Waals surface area contributed by atoms with Crippen LogP contribution >= 0.6 is 0 Å². The van der Waals surface area contributed by atoms with Crippen molar-refractivity contribution >= 4 is 0 Å². The maximum Gasteiger partial charge on any atom is 0.167 e. The highest BCUT2D eigenvalue weighted by Crippen LogP contribution is 2.42. The Morgan fingerprint density at radius 2 is 1.62 bits per heavy atom. The smallest absolute Gasteiger partial charge is 0.167 e. The van der Waals surface area contributed by atoms with Crippen LogP contribution in [-0.2, 0) is 20.8 Å². The molecule has 118 valence electrons. The highest BCUT2D eigenvalue weighted by atomic mass is 16.7. The van der Waals surface area contributed by atoms with Crippen LogP contribution in [0.15, 0.2) is 30.3 Å². The van der Waals surface area contributed by atoms with E-state index in [1.807, 2.05) is 30.3 Å². The molecule has 1 aromatic rings. The molecule has 1 N–H and O–H groups in total. The predicted octanol–water partition coefficient (Wildman–Crippen LogP) is 2.75. The van der Waals surface area contributed by atoms with Gasteiger partial charge in [0.25, 0.3) is 0 Å². The van der Waals surface area contributed by atoms with Crippen molar-refractivity contribution in [3.05, 3.63) is 35.9 Å². The summed E-state index contributed by atoms with van der Waals surface area (Å²) in [4.78, 5) is 0. The van der Waals surface area contributed by atoms with Gasteiger partial charge in [0, 0.05) is 32.5 Å². The van der Waals surface area contributed by atoms with Gasteiger partial charge in [0.1, 0.15) is 0 Å². The highest BCUT2D eigenvalue weighted by molar-refractivity contribution is 5.13. The molecule has 1 aliphatic carbocycles. The van der Waals surface area contributed by atoms with Gasteiger partial charge in [-0.15, -0.1) is 0 Å². The minimum Gasteiger partial charge on any atom is -0.396 e. The Labute approximate surface area is 127 Å². The molecule has 1 fully saturated rings. The van der Waals surface area contributed by atoms with Crippen molar-refractivity contribution in [2.45, 2.75) is 38.1 Å². The van der Waals surface area contributed by atoms with E-state index in [1.165, 1.54) is 0 Å². The lowest BCUT2D eigenvalue weighted by Crippen LogP contribution is -2.45. The second kappa shape index (κ2) is 7.36. The van der Waals surface area contributed by atoms with Crippen molar-refractivity contribution in [1.82, 2.24) is 0 Å². The van der Waals surface area contributed by atoms with Gasteiger partial charge >= 0.3 is 0 Å². The summed E-state index contributed by atoms with van der Waals surface area (Å²) in [5.41, 5.74) is 0.986. The summed E-state index contributed by atoms with van der Waals surface area (Å²) in [5, 5.41) is 9.79. The summed E-state index contributed by atoms with van der Waals surface area (Å²) in [6.45, 7) is 1.30. The third-order valence-corrected chi connectivity index (χ3v) is 4.67. The molecule has 0 aromatic heterocycles. The largest absolute Gasteiger partial charge is 0.396 e. The van der Waals surface area contributed by atoms with Gasteiger partial charge in [0.2, 0.25) is 0 Å². The van der Waals surface area contributed by atoms with Crippen LogP contribution < -0.4 is 0 Å². The molecule has 0 aliphatic heterocycles. The molecule has 0 unspecified atom stereocenters. The molecule has 0 bridgehead atoms. The Morgan fingerprint density at radius 3 is 2.14 bits per heavy atom. The Balaban J connectivity index is 1.86. The quantitative estimate of drug-likeness (QED) is 0.786. The maximum absolute atomic E-state index is 9.79. The second-order valence-electron chi connectivity index (χ2n) is 5.96. The summed E-state index contributed by atoms with van der Waals surface area (Å²) >= 11 is 0. The summed E-state index contributed by atoms with van der Waals surface area (Å²) in [6, 6.07) is 10.1. The third kappa shape index (κ3) is 4.04. The van der Waals surface area contributed by atoms with Crippen LogP contribution in [-0.4, -0.2) is 38.3 Å². The van der Waals surface area contributed by atoms with E-state index in [1.54, 1.807) is 14.2 Å². The number of rotatable bonds is 7. The van der Waals surface area contributed by atoms with Gasteiger partial charge < -0.3 is 19.3 Å². The molecular weight excluding hydrogens is 268 g/mol. The first kappa shape index (κ1) is 16.4. The third-order valence-electron chi connectivity index (χ3n) is 4.67. The van der Waals surface area contributed by atoms with E-state index in [9.17, 15) is 5.11 Å². The summed E-state index contributed by atoms with van der Waals surface area (Å²) in [7, 11) is 3.36. The van der Waals surface area contributed by atoms with Crippen LogP contribution in [0.1, 0.15) is 31.2 Å². The first-order valence-electron chi connectivity index (χ1n) is 7.50. The van der Waals surface area contributed by atoms with Gasteiger partial charge in [0.15, 0.2) is 5.79 Å². The van der Waals surface area contributed by atoms with E-state index in [-0.39, 0.29) is 12.0 Å². The van der Waals surface area contributed by atoms with Crippen molar-refractivity contribution in [2.75, 3.05) is 27.4 Å². The lowest BCUT2D eigenvalue weighted by molar-refractivity contribution is -0.239. The first-order valence-corrected chi connectivity index (χ1v) is 7.50. The van der Waals surface area contributed by atoms with Gasteiger partial charge in [-0.1, -0.05) is 30.3 Å². The number of aliphatic hydroxyl groups excluding tert-OH is 1. The molecule has 21 heavy (non-hydrogen) atoms. The van der Waals surface area contributed by atoms with Crippen molar-refractivity contribution < 1.29 is 19.3 Å². The molecular formula is C17H26O4. The summed E-state index contributed by atoms with van der Waals surface area (Å²) in [5.74, 6) is -0.488. The van der Waals surface area contributed by atoms with Crippen LogP contribution in [0, 0.1) is 5.41 Å². The Kier molecular flexibility index (Phi) is 5.76. The van der Waals surface area contributed by atoms with Gasteiger partial charge in [-0.2, -0.15) is 0 Å². The van der Waals surface area contributed by atoms with Crippen LogP contribution in [0.5, 0.6) is 0 Å². The van der Waals surface area contributed by atoms with E-state index < -0.39 is 5.79 Å². The molecule has 1 aliphatic rings. The minimum absolute atomic E-state index is 0.144. The number of hydrogen-bond acceptors (Lipinski definition) is 4.